The Morgan fingerprint density at radius 1 is 1.28 bits per heavy atom. The molecule has 18 heavy (non-hydrogen) atoms. The monoisotopic (exact) mass is 252 g/mol. The maximum absolute atomic E-state index is 9.31. The first-order valence-corrected chi connectivity index (χ1v) is 6.44. The molecule has 3 heteroatoms. The van der Waals surface area contributed by atoms with E-state index in [9.17, 15) is 5.11 Å². The van der Waals surface area contributed by atoms with E-state index in [0.717, 1.165) is 17.1 Å². The van der Waals surface area contributed by atoms with Gasteiger partial charge < -0.3 is 14.6 Å². The molecule has 1 atom stereocenters. The second-order valence-electron chi connectivity index (χ2n) is 5.41. The van der Waals surface area contributed by atoms with Crippen LogP contribution in [0.2, 0.25) is 0 Å². The van der Waals surface area contributed by atoms with E-state index in [1.807, 2.05) is 52.8 Å². The molecule has 0 fully saturated rings. The minimum atomic E-state index is -0.271. The molecule has 0 saturated heterocycles. The van der Waals surface area contributed by atoms with Gasteiger partial charge in [-0.25, -0.2) is 0 Å². The van der Waals surface area contributed by atoms with Crippen molar-refractivity contribution in [1.29, 1.82) is 0 Å². The molecule has 0 amide bonds. The van der Waals surface area contributed by atoms with Gasteiger partial charge in [0.05, 0.1) is 6.61 Å². The lowest BCUT2D eigenvalue weighted by Gasteiger charge is -2.25. The molecule has 3 nitrogen and oxygen atoms in total. The highest BCUT2D eigenvalue weighted by molar-refractivity contribution is 5.48. The number of aliphatic hydroxyl groups is 1. The van der Waals surface area contributed by atoms with Crippen molar-refractivity contribution in [2.24, 2.45) is 0 Å². The molecule has 1 aromatic carbocycles. The van der Waals surface area contributed by atoms with E-state index in [-0.39, 0.29) is 18.1 Å². The Kier molecular flexibility index (Phi) is 5.03. The van der Waals surface area contributed by atoms with E-state index in [2.05, 4.69) is 0 Å². The second kappa shape index (κ2) is 6.10. The van der Waals surface area contributed by atoms with Gasteiger partial charge in [-0.05, 0) is 33.8 Å². The third-order valence-corrected chi connectivity index (χ3v) is 2.52. The standard InChI is InChI=1S/C15H24O3/c1-6-17-14-12(11(2)10-16)8-7-9-13(14)18-15(3,4)5/h7-9,11,16H,6,10H2,1-5H3. The van der Waals surface area contributed by atoms with Crippen LogP contribution in [0.3, 0.4) is 0 Å². The quantitative estimate of drug-likeness (QED) is 0.873. The Balaban J connectivity index is 3.16. The van der Waals surface area contributed by atoms with E-state index < -0.39 is 0 Å². The summed E-state index contributed by atoms with van der Waals surface area (Å²) in [7, 11) is 0. The van der Waals surface area contributed by atoms with Gasteiger partial charge in [-0.3, -0.25) is 0 Å². The van der Waals surface area contributed by atoms with Gasteiger partial charge in [0.25, 0.3) is 0 Å². The second-order valence-corrected chi connectivity index (χ2v) is 5.41. The number of ether oxygens (including phenoxy) is 2. The van der Waals surface area contributed by atoms with E-state index in [1.165, 1.54) is 0 Å². The maximum Gasteiger partial charge on any atom is 0.164 e. The van der Waals surface area contributed by atoms with E-state index in [1.54, 1.807) is 0 Å². The first-order valence-electron chi connectivity index (χ1n) is 6.44. The minimum Gasteiger partial charge on any atom is -0.490 e. The van der Waals surface area contributed by atoms with Gasteiger partial charge in [0.2, 0.25) is 0 Å². The summed E-state index contributed by atoms with van der Waals surface area (Å²) in [5.41, 5.74) is 0.716. The molecule has 0 bridgehead atoms. The van der Waals surface area contributed by atoms with Crippen LogP contribution in [0.4, 0.5) is 0 Å². The summed E-state index contributed by atoms with van der Waals surface area (Å²) < 4.78 is 11.6. The summed E-state index contributed by atoms with van der Waals surface area (Å²) in [5, 5.41) is 9.31. The molecule has 1 N–H and O–H groups in total. The highest BCUT2D eigenvalue weighted by atomic mass is 16.5. The zero-order valence-electron chi connectivity index (χ0n) is 12.0. The number of hydrogen-bond donors (Lipinski definition) is 1. The molecule has 1 unspecified atom stereocenters. The van der Waals surface area contributed by atoms with Crippen molar-refractivity contribution in [3.8, 4) is 11.5 Å². The molecular formula is C15H24O3. The smallest absolute Gasteiger partial charge is 0.164 e. The SMILES string of the molecule is CCOc1c(OC(C)(C)C)cccc1C(C)CO. The molecule has 0 aromatic heterocycles. The summed E-state index contributed by atoms with van der Waals surface area (Å²) >= 11 is 0. The van der Waals surface area contributed by atoms with E-state index in [0.29, 0.717) is 6.61 Å². The van der Waals surface area contributed by atoms with Crippen LogP contribution in [0.1, 0.15) is 46.1 Å². The van der Waals surface area contributed by atoms with Crippen molar-refractivity contribution in [3.05, 3.63) is 23.8 Å². The zero-order chi connectivity index (χ0) is 13.8. The van der Waals surface area contributed by atoms with Gasteiger partial charge in [0.1, 0.15) is 5.60 Å². The van der Waals surface area contributed by atoms with Crippen LogP contribution in [0.5, 0.6) is 11.5 Å². The van der Waals surface area contributed by atoms with Crippen LogP contribution in [-0.4, -0.2) is 23.9 Å². The molecule has 0 spiro atoms. The molecule has 0 saturated carbocycles. The lowest BCUT2D eigenvalue weighted by molar-refractivity contribution is 0.123. The fourth-order valence-corrected chi connectivity index (χ4v) is 1.73. The van der Waals surface area contributed by atoms with Crippen LogP contribution < -0.4 is 9.47 Å². The predicted molar refractivity (Wildman–Crippen MR) is 73.5 cm³/mol. The first-order chi connectivity index (χ1) is 8.39. The van der Waals surface area contributed by atoms with Gasteiger partial charge >= 0.3 is 0 Å². The van der Waals surface area contributed by atoms with Crippen LogP contribution in [-0.2, 0) is 0 Å². The van der Waals surface area contributed by atoms with Gasteiger partial charge in [-0.2, -0.15) is 0 Å². The number of rotatable bonds is 5. The molecule has 1 aromatic rings. The Labute approximate surface area is 110 Å². The zero-order valence-corrected chi connectivity index (χ0v) is 12.0. The van der Waals surface area contributed by atoms with Crippen LogP contribution in [0.15, 0.2) is 18.2 Å². The molecule has 0 radical (unpaired) electrons. The average molecular weight is 252 g/mol. The third-order valence-electron chi connectivity index (χ3n) is 2.52. The van der Waals surface area contributed by atoms with Gasteiger partial charge in [0.15, 0.2) is 11.5 Å². The fourth-order valence-electron chi connectivity index (χ4n) is 1.73. The number of aliphatic hydroxyl groups excluding tert-OH is 1. The number of hydrogen-bond acceptors (Lipinski definition) is 3. The Bertz CT molecular complexity index is 380. The highest BCUT2D eigenvalue weighted by Crippen LogP contribution is 2.37. The van der Waals surface area contributed by atoms with Crippen molar-refractivity contribution in [2.75, 3.05) is 13.2 Å². The molecule has 1 rings (SSSR count). The molecule has 0 aliphatic rings. The number of para-hydroxylation sites is 1. The van der Waals surface area contributed by atoms with Gasteiger partial charge in [-0.1, -0.05) is 19.1 Å². The summed E-state index contributed by atoms with van der Waals surface area (Å²) in [6.07, 6.45) is 0. The normalized spacial score (nSPS) is 13.2. The minimum absolute atomic E-state index is 0.0371. The predicted octanol–water partition coefficient (Wildman–Crippen LogP) is 3.36. The molecule has 0 aliphatic carbocycles. The Morgan fingerprint density at radius 2 is 1.94 bits per heavy atom. The summed E-state index contributed by atoms with van der Waals surface area (Å²) in [4.78, 5) is 0. The van der Waals surface area contributed by atoms with Crippen LogP contribution in [0.25, 0.3) is 0 Å². The van der Waals surface area contributed by atoms with Gasteiger partial charge in [0, 0.05) is 18.1 Å². The number of benzene rings is 1. The fraction of sp³-hybridized carbons (Fsp3) is 0.600. The van der Waals surface area contributed by atoms with Crippen molar-refractivity contribution < 1.29 is 14.6 Å². The van der Waals surface area contributed by atoms with Crippen molar-refractivity contribution in [2.45, 2.75) is 46.1 Å². The topological polar surface area (TPSA) is 38.7 Å². The van der Waals surface area contributed by atoms with Crippen molar-refractivity contribution in [1.82, 2.24) is 0 Å². The van der Waals surface area contributed by atoms with Crippen LogP contribution in [0, 0.1) is 0 Å². The molecular weight excluding hydrogens is 228 g/mol. The Hall–Kier alpha value is -1.22. The van der Waals surface area contributed by atoms with E-state index >= 15 is 0 Å². The first kappa shape index (κ1) is 14.8. The highest BCUT2D eigenvalue weighted by Gasteiger charge is 2.19. The summed E-state index contributed by atoms with van der Waals surface area (Å²) in [6, 6.07) is 5.82. The maximum atomic E-state index is 9.31. The lowest BCUT2D eigenvalue weighted by Crippen LogP contribution is -2.23. The largest absolute Gasteiger partial charge is 0.490 e. The van der Waals surface area contributed by atoms with E-state index in [4.69, 9.17) is 9.47 Å². The average Bonchev–Trinajstić information content (AvgIpc) is 2.28. The summed E-state index contributed by atoms with van der Waals surface area (Å²) in [5.74, 6) is 1.52. The third kappa shape index (κ3) is 3.91. The van der Waals surface area contributed by atoms with Crippen molar-refractivity contribution in [3.63, 3.8) is 0 Å². The molecule has 102 valence electrons. The molecule has 0 heterocycles. The van der Waals surface area contributed by atoms with Gasteiger partial charge in [-0.15, -0.1) is 0 Å². The summed E-state index contributed by atoms with van der Waals surface area (Å²) in [6.45, 7) is 10.6. The Morgan fingerprint density at radius 3 is 2.44 bits per heavy atom. The van der Waals surface area contributed by atoms with Crippen molar-refractivity contribution >= 4 is 0 Å². The van der Waals surface area contributed by atoms with Crippen LogP contribution >= 0.6 is 0 Å². The molecule has 0 aliphatic heterocycles. The lowest BCUT2D eigenvalue weighted by atomic mass is 10.0.